The van der Waals surface area contributed by atoms with Crippen LogP contribution in [0.15, 0.2) is 0 Å². The maximum absolute atomic E-state index is 12.8. The van der Waals surface area contributed by atoms with Gasteiger partial charge in [0.05, 0.1) is 0 Å². The molecule has 0 bridgehead atoms. The average molecular weight is 1000 g/mol. The highest BCUT2D eigenvalue weighted by Gasteiger charge is 2.19. The van der Waals surface area contributed by atoms with Crippen LogP contribution in [0.25, 0.3) is 0 Å². The molecule has 0 heterocycles. The Hall–Kier alpha value is -1.59. The van der Waals surface area contributed by atoms with Gasteiger partial charge in [-0.2, -0.15) is 0 Å². The van der Waals surface area contributed by atoms with Gasteiger partial charge in [0, 0.05) is 19.3 Å². The van der Waals surface area contributed by atoms with Crippen LogP contribution in [0.4, 0.5) is 0 Å². The molecule has 0 radical (unpaired) electrons. The molecule has 0 amide bonds. The van der Waals surface area contributed by atoms with Gasteiger partial charge < -0.3 is 14.2 Å². The number of hydrogen-bond donors (Lipinski definition) is 0. The van der Waals surface area contributed by atoms with Gasteiger partial charge in [-0.25, -0.2) is 0 Å². The van der Waals surface area contributed by atoms with Gasteiger partial charge in [-0.1, -0.05) is 342 Å². The Morgan fingerprint density at radius 2 is 0.380 bits per heavy atom. The van der Waals surface area contributed by atoms with Crippen LogP contribution in [-0.4, -0.2) is 37.2 Å². The van der Waals surface area contributed by atoms with Crippen molar-refractivity contribution in [3.8, 4) is 0 Å². The Kier molecular flexibility index (Phi) is 59.6. The summed E-state index contributed by atoms with van der Waals surface area (Å²) in [5.41, 5.74) is 0. The molecular weight excluding hydrogens is 877 g/mol. The smallest absolute Gasteiger partial charge is 0.306 e. The van der Waals surface area contributed by atoms with Gasteiger partial charge in [-0.15, -0.1) is 0 Å². The summed E-state index contributed by atoms with van der Waals surface area (Å²) in [6, 6.07) is 0. The lowest BCUT2D eigenvalue weighted by molar-refractivity contribution is -0.167. The average Bonchev–Trinajstić information content (AvgIpc) is 3.37. The number of rotatable bonds is 61. The summed E-state index contributed by atoms with van der Waals surface area (Å²) in [5, 5.41) is 0. The van der Waals surface area contributed by atoms with Crippen LogP contribution in [0.3, 0.4) is 0 Å². The highest BCUT2D eigenvalue weighted by Crippen LogP contribution is 2.19. The zero-order valence-electron chi connectivity index (χ0n) is 48.5. The van der Waals surface area contributed by atoms with E-state index in [4.69, 9.17) is 14.2 Å². The fourth-order valence-electron chi connectivity index (χ4n) is 10.2. The van der Waals surface area contributed by atoms with Gasteiger partial charge in [-0.05, 0) is 19.3 Å². The van der Waals surface area contributed by atoms with Gasteiger partial charge in [0.15, 0.2) is 6.10 Å². The highest BCUT2D eigenvalue weighted by molar-refractivity contribution is 5.71. The number of carbonyl (C=O) groups excluding carboxylic acids is 3. The SMILES string of the molecule is CCCCCCCCCCCCCCCCCCCCCCCC(=O)OCC(COC(=O)CCCCCCCCCCCCCCCCCCCCCCC)OC(=O)CCCCCCCCCCCCC. The van der Waals surface area contributed by atoms with Crippen molar-refractivity contribution in [2.24, 2.45) is 0 Å². The first kappa shape index (κ1) is 69.4. The Morgan fingerprint density at radius 3 is 0.563 bits per heavy atom. The third-order valence-electron chi connectivity index (χ3n) is 15.1. The van der Waals surface area contributed by atoms with E-state index >= 15 is 0 Å². The second-order valence-corrected chi connectivity index (χ2v) is 22.4. The van der Waals surface area contributed by atoms with Crippen molar-refractivity contribution in [3.05, 3.63) is 0 Å². The van der Waals surface area contributed by atoms with Gasteiger partial charge in [-0.3, -0.25) is 14.4 Å². The second kappa shape index (κ2) is 61.0. The van der Waals surface area contributed by atoms with Crippen molar-refractivity contribution in [2.45, 2.75) is 386 Å². The predicted molar refractivity (Wildman–Crippen MR) is 307 cm³/mol. The molecule has 0 aliphatic heterocycles. The van der Waals surface area contributed by atoms with E-state index in [2.05, 4.69) is 20.8 Å². The first-order chi connectivity index (χ1) is 35.0. The van der Waals surface area contributed by atoms with E-state index in [9.17, 15) is 14.4 Å². The van der Waals surface area contributed by atoms with Crippen LogP contribution in [0.5, 0.6) is 0 Å². The zero-order valence-corrected chi connectivity index (χ0v) is 48.5. The summed E-state index contributed by atoms with van der Waals surface area (Å²) in [7, 11) is 0. The van der Waals surface area contributed by atoms with Crippen LogP contribution < -0.4 is 0 Å². The normalized spacial score (nSPS) is 11.5. The van der Waals surface area contributed by atoms with Gasteiger partial charge in [0.25, 0.3) is 0 Å². The van der Waals surface area contributed by atoms with Crippen molar-refractivity contribution >= 4 is 17.9 Å². The molecule has 0 fully saturated rings. The first-order valence-corrected chi connectivity index (χ1v) is 32.5. The van der Waals surface area contributed by atoms with Crippen molar-refractivity contribution in [2.75, 3.05) is 13.2 Å². The maximum atomic E-state index is 12.8. The van der Waals surface area contributed by atoms with Crippen molar-refractivity contribution in [3.63, 3.8) is 0 Å². The largest absolute Gasteiger partial charge is 0.462 e. The Morgan fingerprint density at radius 1 is 0.225 bits per heavy atom. The molecule has 0 saturated heterocycles. The number of hydrogen-bond acceptors (Lipinski definition) is 6. The lowest BCUT2D eigenvalue weighted by Crippen LogP contribution is -2.30. The molecule has 0 aliphatic rings. The van der Waals surface area contributed by atoms with Gasteiger partial charge >= 0.3 is 17.9 Å². The minimum atomic E-state index is -0.762. The van der Waals surface area contributed by atoms with Crippen LogP contribution in [-0.2, 0) is 28.6 Å². The fraction of sp³-hybridized carbons (Fsp3) is 0.954. The summed E-state index contributed by atoms with van der Waals surface area (Å²) >= 11 is 0. The summed E-state index contributed by atoms with van der Waals surface area (Å²) < 4.78 is 16.9. The molecule has 0 atom stereocenters. The third kappa shape index (κ3) is 59.2. The molecule has 0 N–H and O–H groups in total. The summed E-state index contributed by atoms with van der Waals surface area (Å²) in [6.07, 6.45) is 69.8. The zero-order chi connectivity index (χ0) is 51.4. The second-order valence-electron chi connectivity index (χ2n) is 22.4. The Labute approximate surface area is 444 Å². The van der Waals surface area contributed by atoms with E-state index in [1.807, 2.05) is 0 Å². The van der Waals surface area contributed by atoms with E-state index in [1.54, 1.807) is 0 Å². The summed E-state index contributed by atoms with van der Waals surface area (Å²) in [4.78, 5) is 38.2. The van der Waals surface area contributed by atoms with E-state index < -0.39 is 6.10 Å². The molecule has 0 unspecified atom stereocenters. The molecule has 0 aromatic rings. The fourth-order valence-corrected chi connectivity index (χ4v) is 10.2. The quantitative estimate of drug-likeness (QED) is 0.0343. The van der Waals surface area contributed by atoms with Crippen LogP contribution in [0, 0.1) is 0 Å². The standard InChI is InChI=1S/C65H126O6/c1-4-7-10-13-16-19-22-24-26-28-30-32-34-36-38-40-43-45-48-51-54-57-63(66)69-60-62(71-65(68)59-56-53-50-47-42-21-18-15-12-9-6-3)61-70-64(67)58-55-52-49-46-44-41-39-37-35-33-31-29-27-25-23-20-17-14-11-8-5-2/h62H,4-61H2,1-3H3. The molecule has 0 spiro atoms. The molecule has 0 rings (SSSR count). The molecule has 6 nitrogen and oxygen atoms in total. The molecule has 0 saturated carbocycles. The molecule has 0 aromatic carbocycles. The lowest BCUT2D eigenvalue weighted by Gasteiger charge is -2.18. The van der Waals surface area contributed by atoms with Crippen LogP contribution in [0.1, 0.15) is 380 Å². The topological polar surface area (TPSA) is 78.9 Å². The van der Waals surface area contributed by atoms with E-state index in [1.165, 1.54) is 283 Å². The maximum Gasteiger partial charge on any atom is 0.306 e. The number of carbonyl (C=O) groups is 3. The lowest BCUT2D eigenvalue weighted by atomic mass is 10.0. The molecule has 422 valence electrons. The molecular formula is C65H126O6. The minimum Gasteiger partial charge on any atom is -0.462 e. The first-order valence-electron chi connectivity index (χ1n) is 32.5. The third-order valence-corrected chi connectivity index (χ3v) is 15.1. The number of esters is 3. The number of unbranched alkanes of at least 4 members (excludes halogenated alkanes) is 50. The highest BCUT2D eigenvalue weighted by atomic mass is 16.6. The van der Waals surface area contributed by atoms with Crippen molar-refractivity contribution < 1.29 is 28.6 Å². The van der Waals surface area contributed by atoms with E-state index in [0.717, 1.165) is 57.8 Å². The van der Waals surface area contributed by atoms with Crippen molar-refractivity contribution in [1.82, 2.24) is 0 Å². The van der Waals surface area contributed by atoms with Gasteiger partial charge in [0.1, 0.15) is 13.2 Å². The monoisotopic (exact) mass is 1000 g/mol. The van der Waals surface area contributed by atoms with E-state index in [0.29, 0.717) is 19.3 Å². The Balaban J connectivity index is 4.16. The summed E-state index contributed by atoms with van der Waals surface area (Å²) in [6.45, 7) is 6.72. The molecule has 6 heteroatoms. The predicted octanol–water partition coefficient (Wildman–Crippen LogP) is 21.9. The molecule has 0 aromatic heterocycles. The molecule has 0 aliphatic carbocycles. The van der Waals surface area contributed by atoms with Crippen molar-refractivity contribution in [1.29, 1.82) is 0 Å². The summed E-state index contributed by atoms with van der Waals surface area (Å²) in [5.74, 6) is -0.827. The molecule has 71 heavy (non-hydrogen) atoms. The number of ether oxygens (including phenoxy) is 3. The minimum absolute atomic E-state index is 0.0608. The van der Waals surface area contributed by atoms with Crippen LogP contribution >= 0.6 is 0 Å². The van der Waals surface area contributed by atoms with Crippen LogP contribution in [0.2, 0.25) is 0 Å². The Bertz CT molecular complexity index is 998. The van der Waals surface area contributed by atoms with E-state index in [-0.39, 0.29) is 31.1 Å². The van der Waals surface area contributed by atoms with Gasteiger partial charge in [0.2, 0.25) is 0 Å².